The molecule has 2 aromatic carbocycles. The van der Waals surface area contributed by atoms with Gasteiger partial charge in [-0.05, 0) is 129 Å². The minimum absolute atomic E-state index is 0.0712. The van der Waals surface area contributed by atoms with Crippen LogP contribution in [0.25, 0.3) is 10.9 Å². The van der Waals surface area contributed by atoms with Gasteiger partial charge in [-0.3, -0.25) is 9.59 Å². The van der Waals surface area contributed by atoms with Gasteiger partial charge in [-0.25, -0.2) is 9.78 Å². The number of anilines is 1. The lowest BCUT2D eigenvalue weighted by Gasteiger charge is -2.56. The van der Waals surface area contributed by atoms with E-state index in [2.05, 4.69) is 31.1 Å². The van der Waals surface area contributed by atoms with E-state index in [9.17, 15) is 24.6 Å². The molecule has 0 aliphatic heterocycles. The van der Waals surface area contributed by atoms with Crippen LogP contribution in [0, 0.1) is 37.0 Å². The smallest absolute Gasteiger partial charge is 0.405 e. The molecule has 15 nitrogen and oxygen atoms in total. The lowest BCUT2D eigenvalue weighted by molar-refractivity contribution is -0.130. The van der Waals surface area contributed by atoms with E-state index in [-0.39, 0.29) is 29.9 Å². The average molecular weight is 792 g/mol. The van der Waals surface area contributed by atoms with Crippen LogP contribution >= 0.6 is 0 Å². The molecule has 4 bridgehead atoms. The van der Waals surface area contributed by atoms with Crippen molar-refractivity contribution >= 4 is 34.8 Å². The summed E-state index contributed by atoms with van der Waals surface area (Å²) in [4.78, 5) is 52.8. The number of hydrogen-bond donors (Lipinski definition) is 7. The molecule has 15 heteroatoms. The third-order valence-electron chi connectivity index (χ3n) is 12.9. The van der Waals surface area contributed by atoms with E-state index in [0.29, 0.717) is 31.2 Å². The Morgan fingerprint density at radius 1 is 0.983 bits per heavy atom. The third kappa shape index (κ3) is 8.53. The van der Waals surface area contributed by atoms with Crippen LogP contribution < -0.4 is 21.7 Å². The molecule has 0 saturated heterocycles. The Hall–Kier alpha value is -5.86. The van der Waals surface area contributed by atoms with Gasteiger partial charge in [-0.15, -0.1) is 0 Å². The van der Waals surface area contributed by atoms with Crippen molar-refractivity contribution in [3.05, 3.63) is 89.0 Å². The molecular weight excluding hydrogens is 739 g/mol. The predicted octanol–water partition coefficient (Wildman–Crippen LogP) is 5.66. The van der Waals surface area contributed by atoms with Crippen molar-refractivity contribution < 1.29 is 29.1 Å². The van der Waals surface area contributed by atoms with Crippen molar-refractivity contribution in [3.63, 3.8) is 0 Å². The zero-order chi connectivity index (χ0) is 40.6. The van der Waals surface area contributed by atoms with Gasteiger partial charge in [-0.2, -0.15) is 4.98 Å². The molecule has 3 atom stereocenters. The first kappa shape index (κ1) is 39.0. The lowest BCUT2D eigenvalue weighted by atomic mass is 9.49. The molecule has 4 saturated carbocycles. The van der Waals surface area contributed by atoms with Crippen LogP contribution in [-0.4, -0.2) is 64.9 Å². The van der Waals surface area contributed by atoms with Crippen molar-refractivity contribution in [1.82, 2.24) is 40.6 Å². The van der Waals surface area contributed by atoms with Crippen molar-refractivity contribution in [3.8, 4) is 5.75 Å². The number of nitrogens with two attached hydrogens (primary N) is 1. The Bertz CT molecular complexity index is 2240. The molecule has 0 radical (unpaired) electrons. The van der Waals surface area contributed by atoms with Gasteiger partial charge in [0, 0.05) is 55.3 Å². The number of para-hydroxylation sites is 1. The molecule has 2 unspecified atom stereocenters. The Morgan fingerprint density at radius 2 is 1.67 bits per heavy atom. The quantitative estimate of drug-likeness (QED) is 0.0650. The summed E-state index contributed by atoms with van der Waals surface area (Å²) in [5.41, 5.74) is 10.2. The lowest BCUT2D eigenvalue weighted by Crippen LogP contribution is -2.55. The van der Waals surface area contributed by atoms with E-state index in [0.717, 1.165) is 57.3 Å². The number of nitrogen functional groups attached to an aromatic ring is 1. The number of carbonyl (C=O) groups excluding carboxylic acids is 2. The zero-order valence-electron chi connectivity index (χ0n) is 33.0. The minimum atomic E-state index is -1.37. The van der Waals surface area contributed by atoms with Gasteiger partial charge in [-0.1, -0.05) is 23.4 Å². The summed E-state index contributed by atoms with van der Waals surface area (Å²) < 4.78 is 7.72. The van der Waals surface area contributed by atoms with Gasteiger partial charge in [0.2, 0.25) is 17.7 Å². The van der Waals surface area contributed by atoms with Gasteiger partial charge in [0.25, 0.3) is 0 Å². The number of amides is 3. The molecule has 9 rings (SSSR count). The predicted molar refractivity (Wildman–Crippen MR) is 216 cm³/mol. The fourth-order valence-corrected chi connectivity index (χ4v) is 10.7. The van der Waals surface area contributed by atoms with Gasteiger partial charge in [0.05, 0.1) is 0 Å². The number of aromatic hydroxyl groups is 1. The minimum Gasteiger partial charge on any atom is -0.508 e. The SMILES string of the molecule is Cc1cc(O)cc(C)c1CC(NC(=O)C(CCCn1ccnc1N)NC(=O)O)C(=O)N[C@@H](Cc1c[nH]c2ccccc12)c1nc(CC23CC4CC(CC(C4)C2)C3)no1. The first-order valence-corrected chi connectivity index (χ1v) is 20.4. The molecule has 3 heterocycles. The van der Waals surface area contributed by atoms with E-state index in [1.54, 1.807) is 29.1 Å². The summed E-state index contributed by atoms with van der Waals surface area (Å²) in [6, 6.07) is 8.09. The van der Waals surface area contributed by atoms with E-state index in [1.807, 2.05) is 44.3 Å². The molecule has 0 spiro atoms. The molecule has 3 amide bonds. The molecule has 4 fully saturated rings. The first-order valence-electron chi connectivity index (χ1n) is 20.4. The molecule has 4 aliphatic rings. The molecular formula is C43H53N9O6. The number of benzene rings is 2. The highest BCUT2D eigenvalue weighted by Gasteiger charge is 2.51. The molecule has 8 N–H and O–H groups in total. The van der Waals surface area contributed by atoms with E-state index >= 15 is 0 Å². The first-order chi connectivity index (χ1) is 27.9. The number of aromatic nitrogens is 5. The average Bonchev–Trinajstić information content (AvgIpc) is 3.91. The van der Waals surface area contributed by atoms with E-state index in [1.165, 1.54) is 38.5 Å². The molecule has 4 aliphatic carbocycles. The highest BCUT2D eigenvalue weighted by Crippen LogP contribution is 2.61. The van der Waals surface area contributed by atoms with Crippen LogP contribution in [0.2, 0.25) is 0 Å². The van der Waals surface area contributed by atoms with Crippen LogP contribution in [0.4, 0.5) is 10.7 Å². The monoisotopic (exact) mass is 791 g/mol. The summed E-state index contributed by atoms with van der Waals surface area (Å²) in [6.07, 6.45) is 13.1. The number of aryl methyl sites for hydroxylation is 3. The zero-order valence-corrected chi connectivity index (χ0v) is 33.0. The standard InChI is InChI=1S/C43H53N9O6/c1-24-12-30(53)13-25(2)32(24)18-35(47-38(54)34(49-42(56)57)8-5-10-52-11-9-45-41(52)44)39(55)48-36(17-29-23-46-33-7-4-3-6-31(29)33)40-50-37(51-58-40)22-43-19-26-14-27(20-43)16-28(15-26)21-43/h3-4,6-7,9,11-13,23,26-28,34-36,46,49,53H,5,8,10,14-22H2,1-2H3,(H2,44,45)(H,47,54)(H,48,55)(H,56,57)/t26?,27?,28?,34?,35?,36-,43?/m0/s1. The van der Waals surface area contributed by atoms with E-state index in [4.69, 9.17) is 15.2 Å². The van der Waals surface area contributed by atoms with Crippen molar-refractivity contribution in [2.24, 2.45) is 23.2 Å². The number of nitrogens with zero attached hydrogens (tertiary/aromatic N) is 4. The van der Waals surface area contributed by atoms with Crippen LogP contribution in [0.5, 0.6) is 5.75 Å². The van der Waals surface area contributed by atoms with Crippen LogP contribution in [0.3, 0.4) is 0 Å². The molecule has 3 aromatic heterocycles. The highest BCUT2D eigenvalue weighted by molar-refractivity contribution is 5.91. The Balaban J connectivity index is 1.07. The summed E-state index contributed by atoms with van der Waals surface area (Å²) in [5, 5.41) is 33.8. The van der Waals surface area contributed by atoms with Crippen molar-refractivity contribution in [1.29, 1.82) is 0 Å². The van der Waals surface area contributed by atoms with Crippen LogP contribution in [0.1, 0.15) is 91.4 Å². The number of phenols is 1. The third-order valence-corrected chi connectivity index (χ3v) is 12.9. The van der Waals surface area contributed by atoms with Gasteiger partial charge < -0.3 is 46.0 Å². The molecule has 58 heavy (non-hydrogen) atoms. The van der Waals surface area contributed by atoms with Crippen LogP contribution in [0.15, 0.2) is 59.5 Å². The number of rotatable bonds is 16. The number of aromatic amines is 1. The Labute approximate surface area is 336 Å². The maximum Gasteiger partial charge on any atom is 0.405 e. The Morgan fingerprint density at radius 3 is 2.34 bits per heavy atom. The van der Waals surface area contributed by atoms with Gasteiger partial charge in [0.1, 0.15) is 23.9 Å². The molecule has 306 valence electrons. The van der Waals surface area contributed by atoms with Gasteiger partial charge >= 0.3 is 6.09 Å². The number of imidazole rings is 1. The number of phenolic OH excluding ortho intramolecular Hbond substituents is 1. The van der Waals surface area contributed by atoms with E-state index < -0.39 is 36.0 Å². The maximum absolute atomic E-state index is 14.7. The topological polar surface area (TPSA) is 226 Å². The number of hydrogen-bond acceptors (Lipinski definition) is 9. The number of H-pyrrole nitrogens is 1. The number of carbonyl (C=O) groups is 3. The van der Waals surface area contributed by atoms with Crippen molar-refractivity contribution in [2.75, 3.05) is 5.73 Å². The number of nitrogens with one attached hydrogen (secondary N) is 4. The summed E-state index contributed by atoms with van der Waals surface area (Å²) in [7, 11) is 0. The number of fused-ring (bicyclic) bond motifs is 1. The summed E-state index contributed by atoms with van der Waals surface area (Å²) >= 11 is 0. The second-order valence-electron chi connectivity index (χ2n) is 17.2. The van der Waals surface area contributed by atoms with Gasteiger partial charge in [0.15, 0.2) is 11.8 Å². The normalized spacial score (nSPS) is 22.4. The second-order valence-corrected chi connectivity index (χ2v) is 17.2. The highest BCUT2D eigenvalue weighted by atomic mass is 16.5. The fraction of sp³-hybridized carbons (Fsp3) is 0.488. The number of carboxylic acid groups (broad SMARTS) is 1. The van der Waals surface area contributed by atoms with Crippen molar-refractivity contribution in [2.45, 2.75) is 109 Å². The summed E-state index contributed by atoms with van der Waals surface area (Å²) in [5.74, 6) is 2.51. The largest absolute Gasteiger partial charge is 0.508 e. The second kappa shape index (κ2) is 16.2. The maximum atomic E-state index is 14.7. The summed E-state index contributed by atoms with van der Waals surface area (Å²) in [6.45, 7) is 4.08. The Kier molecular flexibility index (Phi) is 10.9. The fourth-order valence-electron chi connectivity index (χ4n) is 10.7. The van der Waals surface area contributed by atoms with Crippen LogP contribution in [-0.2, 0) is 35.4 Å². The molecule has 5 aromatic rings.